The van der Waals surface area contributed by atoms with Gasteiger partial charge in [0.2, 0.25) is 0 Å². The maximum Gasteiger partial charge on any atom is 0.335 e. The van der Waals surface area contributed by atoms with Gasteiger partial charge in [-0.05, 0) is 42.0 Å². The van der Waals surface area contributed by atoms with E-state index in [1.54, 1.807) is 37.4 Å². The van der Waals surface area contributed by atoms with Gasteiger partial charge in [-0.15, -0.1) is 0 Å². The summed E-state index contributed by atoms with van der Waals surface area (Å²) in [6.07, 6.45) is 1.53. The van der Waals surface area contributed by atoms with Gasteiger partial charge in [-0.3, -0.25) is 8.99 Å². The lowest BCUT2D eigenvalue weighted by Gasteiger charge is -2.24. The van der Waals surface area contributed by atoms with E-state index in [0.29, 0.717) is 10.6 Å². The SMILES string of the molecule is Cn1ccc(S(=O)(=O)N(Cc2ccc(Cl)cc2)c2cccc(C(=O)O)c2)n1. The third kappa shape index (κ3) is 4.12. The van der Waals surface area contributed by atoms with E-state index in [1.165, 1.54) is 35.1 Å². The number of carboxylic acids is 1. The summed E-state index contributed by atoms with van der Waals surface area (Å²) in [4.78, 5) is 11.3. The minimum absolute atomic E-state index is 0.000844. The van der Waals surface area contributed by atoms with Crippen molar-refractivity contribution < 1.29 is 18.3 Å². The molecular weight excluding hydrogens is 390 g/mol. The Kier molecular flexibility index (Phi) is 5.20. The summed E-state index contributed by atoms with van der Waals surface area (Å²) < 4.78 is 28.9. The average molecular weight is 406 g/mol. The van der Waals surface area contributed by atoms with Crippen LogP contribution in [0.15, 0.2) is 65.8 Å². The summed E-state index contributed by atoms with van der Waals surface area (Å²) in [5.74, 6) is -1.14. The zero-order chi connectivity index (χ0) is 19.6. The van der Waals surface area contributed by atoms with Crippen molar-refractivity contribution in [2.45, 2.75) is 11.6 Å². The van der Waals surface area contributed by atoms with Crippen LogP contribution in [0.25, 0.3) is 0 Å². The lowest BCUT2D eigenvalue weighted by atomic mass is 10.2. The molecule has 0 spiro atoms. The summed E-state index contributed by atoms with van der Waals surface area (Å²) in [6.45, 7) is -0.000844. The second-order valence-electron chi connectivity index (χ2n) is 5.82. The van der Waals surface area contributed by atoms with Gasteiger partial charge in [-0.2, -0.15) is 13.5 Å². The fourth-order valence-electron chi connectivity index (χ4n) is 2.51. The molecule has 1 aromatic heterocycles. The lowest BCUT2D eigenvalue weighted by Crippen LogP contribution is -2.31. The smallest absolute Gasteiger partial charge is 0.335 e. The van der Waals surface area contributed by atoms with E-state index < -0.39 is 16.0 Å². The van der Waals surface area contributed by atoms with Crippen LogP contribution in [0.1, 0.15) is 15.9 Å². The first kappa shape index (κ1) is 18.9. The number of anilines is 1. The van der Waals surface area contributed by atoms with Crippen molar-refractivity contribution >= 4 is 33.3 Å². The van der Waals surface area contributed by atoms with Crippen LogP contribution in [-0.2, 0) is 23.6 Å². The third-order valence-corrected chi connectivity index (χ3v) is 5.78. The lowest BCUT2D eigenvalue weighted by molar-refractivity contribution is 0.0697. The van der Waals surface area contributed by atoms with Crippen LogP contribution < -0.4 is 4.31 Å². The number of benzene rings is 2. The number of nitrogens with zero attached hydrogens (tertiary/aromatic N) is 3. The normalized spacial score (nSPS) is 11.3. The highest BCUT2D eigenvalue weighted by molar-refractivity contribution is 7.92. The van der Waals surface area contributed by atoms with E-state index in [4.69, 9.17) is 11.6 Å². The largest absolute Gasteiger partial charge is 0.478 e. The van der Waals surface area contributed by atoms with E-state index in [9.17, 15) is 18.3 Å². The molecule has 0 radical (unpaired) electrons. The average Bonchev–Trinajstić information content (AvgIpc) is 3.08. The minimum atomic E-state index is -4.01. The number of hydrogen-bond donors (Lipinski definition) is 1. The molecule has 0 bridgehead atoms. The maximum absolute atomic E-state index is 13.2. The second-order valence-corrected chi connectivity index (χ2v) is 8.07. The molecule has 2 aromatic carbocycles. The zero-order valence-corrected chi connectivity index (χ0v) is 15.9. The summed E-state index contributed by atoms with van der Waals surface area (Å²) >= 11 is 5.90. The predicted molar refractivity (Wildman–Crippen MR) is 101 cm³/mol. The van der Waals surface area contributed by atoms with Crippen LogP contribution >= 0.6 is 11.6 Å². The molecule has 3 rings (SSSR count). The maximum atomic E-state index is 13.2. The Morgan fingerprint density at radius 2 is 1.89 bits per heavy atom. The molecule has 7 nitrogen and oxygen atoms in total. The highest BCUT2D eigenvalue weighted by atomic mass is 35.5. The van der Waals surface area contributed by atoms with E-state index >= 15 is 0 Å². The van der Waals surface area contributed by atoms with Gasteiger partial charge in [-0.1, -0.05) is 29.8 Å². The van der Waals surface area contributed by atoms with Crippen molar-refractivity contribution in [1.82, 2.24) is 9.78 Å². The monoisotopic (exact) mass is 405 g/mol. The van der Waals surface area contributed by atoms with Gasteiger partial charge in [-0.25, -0.2) is 4.79 Å². The second kappa shape index (κ2) is 7.42. The molecule has 140 valence electrons. The molecule has 0 saturated heterocycles. The zero-order valence-electron chi connectivity index (χ0n) is 14.3. The molecule has 0 fully saturated rings. The van der Waals surface area contributed by atoms with Gasteiger partial charge >= 0.3 is 5.97 Å². The van der Waals surface area contributed by atoms with Crippen molar-refractivity contribution in [2.24, 2.45) is 7.05 Å². The number of aryl methyl sites for hydroxylation is 1. The highest BCUT2D eigenvalue weighted by Gasteiger charge is 2.28. The number of hydrogen-bond acceptors (Lipinski definition) is 4. The first-order chi connectivity index (χ1) is 12.8. The molecule has 0 aliphatic heterocycles. The summed E-state index contributed by atoms with van der Waals surface area (Å²) in [5, 5.41) is 13.6. The van der Waals surface area contributed by atoms with Gasteiger partial charge in [0.25, 0.3) is 10.0 Å². The topological polar surface area (TPSA) is 92.5 Å². The highest BCUT2D eigenvalue weighted by Crippen LogP contribution is 2.26. The molecule has 0 aliphatic rings. The van der Waals surface area contributed by atoms with Crippen LogP contribution in [0.2, 0.25) is 5.02 Å². The van der Waals surface area contributed by atoms with Gasteiger partial charge in [0.15, 0.2) is 5.03 Å². The Morgan fingerprint density at radius 1 is 1.19 bits per heavy atom. The van der Waals surface area contributed by atoms with Crippen molar-refractivity contribution in [3.05, 3.63) is 76.9 Å². The fourth-order valence-corrected chi connectivity index (χ4v) is 4.04. The number of halogens is 1. The minimum Gasteiger partial charge on any atom is -0.478 e. The predicted octanol–water partition coefficient (Wildman–Crippen LogP) is 3.17. The van der Waals surface area contributed by atoms with E-state index in [2.05, 4.69) is 5.10 Å². The van der Waals surface area contributed by atoms with Crippen LogP contribution in [0.5, 0.6) is 0 Å². The van der Waals surface area contributed by atoms with Crippen LogP contribution in [0.3, 0.4) is 0 Å². The van der Waals surface area contributed by atoms with E-state index in [0.717, 1.165) is 4.31 Å². The Balaban J connectivity index is 2.09. The first-order valence-electron chi connectivity index (χ1n) is 7.87. The number of carboxylic acid groups (broad SMARTS) is 1. The molecule has 3 aromatic rings. The van der Waals surface area contributed by atoms with Crippen LogP contribution in [0.4, 0.5) is 5.69 Å². The third-order valence-electron chi connectivity index (χ3n) is 3.86. The van der Waals surface area contributed by atoms with Crippen molar-refractivity contribution in [3.63, 3.8) is 0 Å². The molecule has 0 aliphatic carbocycles. The van der Waals surface area contributed by atoms with E-state index in [1.807, 2.05) is 0 Å². The van der Waals surface area contributed by atoms with Gasteiger partial charge < -0.3 is 5.11 Å². The number of aromatic nitrogens is 2. The van der Waals surface area contributed by atoms with Crippen molar-refractivity contribution in [3.8, 4) is 0 Å². The number of aromatic carboxylic acids is 1. The Labute approximate surface area is 161 Å². The van der Waals surface area contributed by atoms with Gasteiger partial charge in [0.05, 0.1) is 17.8 Å². The Bertz CT molecular complexity index is 1080. The number of sulfonamides is 1. The Hall–Kier alpha value is -2.84. The van der Waals surface area contributed by atoms with E-state index in [-0.39, 0.29) is 22.8 Å². The molecule has 1 N–H and O–H groups in total. The van der Waals surface area contributed by atoms with Crippen molar-refractivity contribution in [2.75, 3.05) is 4.31 Å². The van der Waals surface area contributed by atoms with Gasteiger partial charge in [0, 0.05) is 18.3 Å². The molecule has 27 heavy (non-hydrogen) atoms. The van der Waals surface area contributed by atoms with Gasteiger partial charge in [0.1, 0.15) is 0 Å². The number of rotatable bonds is 6. The molecule has 0 amide bonds. The summed E-state index contributed by atoms with van der Waals surface area (Å²) in [5.41, 5.74) is 0.917. The first-order valence-corrected chi connectivity index (χ1v) is 9.69. The molecule has 1 heterocycles. The van der Waals surface area contributed by atoms with Crippen LogP contribution in [-0.4, -0.2) is 29.3 Å². The molecule has 9 heteroatoms. The van der Waals surface area contributed by atoms with Crippen molar-refractivity contribution in [1.29, 1.82) is 0 Å². The Morgan fingerprint density at radius 3 is 2.48 bits per heavy atom. The quantitative estimate of drug-likeness (QED) is 0.680. The molecule has 0 saturated carbocycles. The molecular formula is C18H16ClN3O4S. The fraction of sp³-hybridized carbons (Fsp3) is 0.111. The molecule has 0 atom stereocenters. The standard InChI is InChI=1S/C18H16ClN3O4S/c1-21-10-9-17(20-21)27(25,26)22(12-13-5-7-15(19)8-6-13)16-4-2-3-14(11-16)18(23)24/h2-11H,12H2,1H3,(H,23,24). The summed E-state index contributed by atoms with van der Waals surface area (Å²) in [7, 11) is -2.39. The van der Waals surface area contributed by atoms with Crippen LogP contribution in [0, 0.1) is 0 Å². The summed E-state index contributed by atoms with van der Waals surface area (Å²) in [6, 6.07) is 13.9. The molecule has 0 unspecified atom stereocenters. The number of carbonyl (C=O) groups is 1.